The molecule has 208 valence electrons. The molecule has 3 rings (SSSR count). The van der Waals surface area contributed by atoms with Crippen molar-refractivity contribution in [2.24, 2.45) is 0 Å². The fourth-order valence-electron chi connectivity index (χ4n) is 5.48. The minimum Gasteiger partial charge on any atom is -0.508 e. The second-order valence-electron chi connectivity index (χ2n) is 11.0. The maximum atomic E-state index is 11.0. The Morgan fingerprint density at radius 3 is 1.45 bits per heavy atom. The van der Waals surface area contributed by atoms with Gasteiger partial charge in [0, 0.05) is 11.1 Å². The smallest absolute Gasteiger partial charge is 0.119 e. The van der Waals surface area contributed by atoms with Crippen LogP contribution in [-0.4, -0.2) is 10.2 Å². The summed E-state index contributed by atoms with van der Waals surface area (Å²) in [5.74, 6) is 0.864. The summed E-state index contributed by atoms with van der Waals surface area (Å²) in [6.07, 6.45) is 21.6. The van der Waals surface area contributed by atoms with E-state index < -0.39 is 0 Å². The second kappa shape index (κ2) is 17.0. The zero-order valence-electron chi connectivity index (χ0n) is 23.9. The Kier molecular flexibility index (Phi) is 13.4. The Morgan fingerprint density at radius 2 is 1.03 bits per heavy atom. The number of hydrogen-bond acceptors (Lipinski definition) is 3. The number of hydrogen-bond donors (Lipinski definition) is 2. The van der Waals surface area contributed by atoms with E-state index in [-0.39, 0.29) is 17.4 Å². The van der Waals surface area contributed by atoms with Crippen LogP contribution >= 0.6 is 0 Å². The minimum atomic E-state index is -0.354. The summed E-state index contributed by atoms with van der Waals surface area (Å²) in [5, 5.41) is 21.9. The lowest BCUT2D eigenvalue weighted by molar-refractivity contribution is 0.443. The Bertz CT molecular complexity index is 970. The van der Waals surface area contributed by atoms with Crippen molar-refractivity contribution >= 4 is 0 Å². The Morgan fingerprint density at radius 1 is 0.579 bits per heavy atom. The number of rotatable bonds is 19. The SMILES string of the molecule is CCCCCCCCCc1ccc(O)c(C(c2ccco2)c2cc(CCCCCCCCC)ccc2O)c1. The van der Waals surface area contributed by atoms with E-state index in [1.807, 2.05) is 24.3 Å². The van der Waals surface area contributed by atoms with Crippen LogP contribution in [0.3, 0.4) is 0 Å². The molecule has 3 aromatic rings. The number of phenols is 2. The monoisotopic (exact) mass is 518 g/mol. The third-order valence-corrected chi connectivity index (χ3v) is 7.77. The van der Waals surface area contributed by atoms with Gasteiger partial charge in [-0.1, -0.05) is 115 Å². The molecule has 0 saturated heterocycles. The summed E-state index contributed by atoms with van der Waals surface area (Å²) in [7, 11) is 0. The molecular weight excluding hydrogens is 468 g/mol. The number of phenolic OH excluding ortho intramolecular Hbond substituents is 2. The van der Waals surface area contributed by atoms with Crippen molar-refractivity contribution < 1.29 is 14.6 Å². The standard InChI is InChI=1S/C35H50O3/c1-3-5-7-9-11-13-15-18-28-21-23-32(36)30(26-28)35(34-20-17-25-38-34)31-27-29(22-24-33(31)37)19-16-14-12-10-8-6-4-2/h17,20-27,35-37H,3-16,18-19H2,1-2H3. The van der Waals surface area contributed by atoms with E-state index in [1.165, 1.54) is 88.2 Å². The summed E-state index contributed by atoms with van der Waals surface area (Å²) in [6.45, 7) is 4.51. The van der Waals surface area contributed by atoms with E-state index in [4.69, 9.17) is 4.42 Å². The molecule has 0 aliphatic carbocycles. The predicted octanol–water partition coefficient (Wildman–Crippen LogP) is 10.5. The third-order valence-electron chi connectivity index (χ3n) is 7.77. The molecule has 0 fully saturated rings. The van der Waals surface area contributed by atoms with Gasteiger partial charge in [0.15, 0.2) is 0 Å². The summed E-state index contributed by atoms with van der Waals surface area (Å²) in [6, 6.07) is 15.7. The van der Waals surface area contributed by atoms with E-state index in [0.29, 0.717) is 0 Å². The number of furan rings is 1. The molecule has 0 bridgehead atoms. The molecule has 3 heteroatoms. The first-order valence-electron chi connectivity index (χ1n) is 15.3. The lowest BCUT2D eigenvalue weighted by atomic mass is 9.85. The van der Waals surface area contributed by atoms with Gasteiger partial charge >= 0.3 is 0 Å². The molecule has 0 spiro atoms. The van der Waals surface area contributed by atoms with E-state index in [0.717, 1.165) is 42.6 Å². The minimum absolute atomic E-state index is 0.242. The van der Waals surface area contributed by atoms with Gasteiger partial charge in [-0.2, -0.15) is 0 Å². The van der Waals surface area contributed by atoms with Gasteiger partial charge in [0.1, 0.15) is 17.3 Å². The molecular formula is C35H50O3. The summed E-state index contributed by atoms with van der Waals surface area (Å²) < 4.78 is 5.86. The first kappa shape index (κ1) is 29.9. The first-order chi connectivity index (χ1) is 18.6. The van der Waals surface area contributed by atoms with Crippen molar-refractivity contribution in [1.29, 1.82) is 0 Å². The van der Waals surface area contributed by atoms with Crippen LogP contribution in [0.25, 0.3) is 0 Å². The number of benzene rings is 2. The van der Waals surface area contributed by atoms with Crippen molar-refractivity contribution in [2.45, 2.75) is 122 Å². The average molecular weight is 519 g/mol. The van der Waals surface area contributed by atoms with Gasteiger partial charge in [-0.15, -0.1) is 0 Å². The van der Waals surface area contributed by atoms with Crippen LogP contribution in [0.15, 0.2) is 59.2 Å². The van der Waals surface area contributed by atoms with Gasteiger partial charge in [-0.05, 0) is 61.1 Å². The molecule has 0 saturated carbocycles. The van der Waals surface area contributed by atoms with Crippen LogP contribution in [0.4, 0.5) is 0 Å². The zero-order chi connectivity index (χ0) is 27.0. The highest BCUT2D eigenvalue weighted by atomic mass is 16.3. The van der Waals surface area contributed by atoms with Gasteiger partial charge in [0.05, 0.1) is 12.2 Å². The van der Waals surface area contributed by atoms with E-state index in [9.17, 15) is 10.2 Å². The predicted molar refractivity (Wildman–Crippen MR) is 159 cm³/mol. The van der Waals surface area contributed by atoms with Crippen LogP contribution in [0.2, 0.25) is 0 Å². The largest absolute Gasteiger partial charge is 0.508 e. The van der Waals surface area contributed by atoms with Crippen molar-refractivity contribution in [3.05, 3.63) is 82.8 Å². The zero-order valence-corrected chi connectivity index (χ0v) is 23.9. The third kappa shape index (κ3) is 9.57. The molecule has 3 nitrogen and oxygen atoms in total. The molecule has 0 atom stereocenters. The fraction of sp³-hybridized carbons (Fsp3) is 0.543. The molecule has 1 aromatic heterocycles. The van der Waals surface area contributed by atoms with Crippen LogP contribution in [0.5, 0.6) is 11.5 Å². The van der Waals surface area contributed by atoms with Crippen LogP contribution < -0.4 is 0 Å². The van der Waals surface area contributed by atoms with Gasteiger partial charge in [-0.25, -0.2) is 0 Å². The molecule has 0 aliphatic heterocycles. The molecule has 0 radical (unpaired) electrons. The van der Waals surface area contributed by atoms with Crippen LogP contribution in [0, 0.1) is 0 Å². The second-order valence-corrected chi connectivity index (χ2v) is 11.0. The quantitative estimate of drug-likeness (QED) is 0.155. The summed E-state index contributed by atoms with van der Waals surface area (Å²) in [5.41, 5.74) is 4.04. The lowest BCUT2D eigenvalue weighted by Crippen LogP contribution is -2.05. The molecule has 0 amide bonds. The normalized spacial score (nSPS) is 11.4. The first-order valence-corrected chi connectivity index (χ1v) is 15.3. The highest BCUT2D eigenvalue weighted by molar-refractivity contribution is 5.52. The number of aryl methyl sites for hydroxylation is 2. The van der Waals surface area contributed by atoms with E-state index in [2.05, 4.69) is 26.0 Å². The van der Waals surface area contributed by atoms with Crippen LogP contribution in [0.1, 0.15) is 138 Å². The Balaban J connectivity index is 1.72. The van der Waals surface area contributed by atoms with Gasteiger partial charge in [0.2, 0.25) is 0 Å². The average Bonchev–Trinajstić information content (AvgIpc) is 3.45. The van der Waals surface area contributed by atoms with Gasteiger partial charge in [-0.3, -0.25) is 0 Å². The molecule has 0 aliphatic rings. The van der Waals surface area contributed by atoms with E-state index >= 15 is 0 Å². The molecule has 2 N–H and O–H groups in total. The summed E-state index contributed by atoms with van der Waals surface area (Å²) in [4.78, 5) is 0. The topological polar surface area (TPSA) is 53.6 Å². The Hall–Kier alpha value is -2.68. The Labute approximate surface area is 231 Å². The molecule has 0 unspecified atom stereocenters. The van der Waals surface area contributed by atoms with Gasteiger partial charge in [0.25, 0.3) is 0 Å². The molecule has 38 heavy (non-hydrogen) atoms. The van der Waals surface area contributed by atoms with Crippen LogP contribution in [-0.2, 0) is 12.8 Å². The number of unbranched alkanes of at least 4 members (excludes halogenated alkanes) is 12. The summed E-state index contributed by atoms with van der Waals surface area (Å²) >= 11 is 0. The lowest BCUT2D eigenvalue weighted by Gasteiger charge is -2.20. The maximum Gasteiger partial charge on any atom is 0.119 e. The van der Waals surface area contributed by atoms with E-state index in [1.54, 1.807) is 18.4 Å². The highest BCUT2D eigenvalue weighted by Crippen LogP contribution is 2.41. The highest BCUT2D eigenvalue weighted by Gasteiger charge is 2.26. The van der Waals surface area contributed by atoms with Crippen molar-refractivity contribution in [3.63, 3.8) is 0 Å². The van der Waals surface area contributed by atoms with Crippen molar-refractivity contribution in [1.82, 2.24) is 0 Å². The number of aromatic hydroxyl groups is 2. The molecule has 2 aromatic carbocycles. The maximum absolute atomic E-state index is 11.0. The molecule has 1 heterocycles. The van der Waals surface area contributed by atoms with Crippen molar-refractivity contribution in [3.8, 4) is 11.5 Å². The van der Waals surface area contributed by atoms with Crippen molar-refractivity contribution in [2.75, 3.05) is 0 Å². The fourth-order valence-corrected chi connectivity index (χ4v) is 5.48. The van der Waals surface area contributed by atoms with Gasteiger partial charge < -0.3 is 14.6 Å².